The van der Waals surface area contributed by atoms with Gasteiger partial charge in [0.05, 0.1) is 5.56 Å². The van der Waals surface area contributed by atoms with E-state index in [0.717, 1.165) is 6.07 Å². The number of nitrogens with two attached hydrogens (primary N) is 1. The fourth-order valence-electron chi connectivity index (χ4n) is 1.28. The number of benzene rings is 1. The molecule has 0 heterocycles. The molecule has 0 aliphatic heterocycles. The van der Waals surface area contributed by atoms with Gasteiger partial charge in [-0.25, -0.2) is 0 Å². The molecule has 2 unspecified atom stereocenters. The fraction of sp³-hybridized carbons (Fsp3) is 0.200. The number of hydrogen-bond donors (Lipinski definition) is 4. The normalized spacial score (nSPS) is 14.1. The lowest BCUT2D eigenvalue weighted by Crippen LogP contribution is -2.33. The van der Waals surface area contributed by atoms with E-state index in [1.165, 1.54) is 6.07 Å². The van der Waals surface area contributed by atoms with Gasteiger partial charge in [0.15, 0.2) is 12.4 Å². The number of amides is 1. The van der Waals surface area contributed by atoms with Gasteiger partial charge in [-0.15, -0.1) is 0 Å². The monoisotopic (exact) mass is 259 g/mol. The molecule has 5 N–H and O–H groups in total. The van der Waals surface area contributed by atoms with Crippen molar-refractivity contribution in [3.05, 3.63) is 28.3 Å². The molecule has 0 aliphatic rings. The van der Waals surface area contributed by atoms with Crippen molar-refractivity contribution in [1.29, 1.82) is 0 Å². The average molecular weight is 260 g/mol. The second-order valence-corrected chi connectivity index (χ2v) is 3.78. The molecular weight excluding hydrogens is 250 g/mol. The Bertz CT molecular complexity index is 462. The highest BCUT2D eigenvalue weighted by molar-refractivity contribution is 6.31. The molecule has 0 spiro atoms. The molecule has 6 nitrogen and oxygen atoms in total. The number of hydrogen-bond acceptors (Lipinski definition) is 5. The number of aliphatic hydroxyl groups is 2. The molecule has 0 aromatic heterocycles. The van der Waals surface area contributed by atoms with Crippen LogP contribution in [0, 0.1) is 0 Å². The summed E-state index contributed by atoms with van der Waals surface area (Å²) < 4.78 is 0. The zero-order valence-electron chi connectivity index (χ0n) is 8.50. The molecule has 92 valence electrons. The first-order valence-corrected chi connectivity index (χ1v) is 4.89. The largest absolute Gasteiger partial charge is 0.507 e. The number of carbonyl (C=O) groups is 2. The van der Waals surface area contributed by atoms with Crippen LogP contribution in [0.1, 0.15) is 22.0 Å². The van der Waals surface area contributed by atoms with E-state index in [4.69, 9.17) is 17.3 Å². The summed E-state index contributed by atoms with van der Waals surface area (Å²) in [7, 11) is 0. The Morgan fingerprint density at radius 2 is 2.00 bits per heavy atom. The van der Waals surface area contributed by atoms with E-state index < -0.39 is 23.9 Å². The maximum absolute atomic E-state index is 10.7. The summed E-state index contributed by atoms with van der Waals surface area (Å²) in [6, 6.07) is 2.30. The van der Waals surface area contributed by atoms with E-state index in [1.807, 2.05) is 0 Å². The van der Waals surface area contributed by atoms with E-state index in [9.17, 15) is 24.9 Å². The molecule has 0 bridgehead atoms. The highest BCUT2D eigenvalue weighted by Gasteiger charge is 2.27. The molecule has 1 aromatic carbocycles. The summed E-state index contributed by atoms with van der Waals surface area (Å²) in [5.41, 5.74) is 4.39. The van der Waals surface area contributed by atoms with Crippen LogP contribution >= 0.6 is 11.6 Å². The van der Waals surface area contributed by atoms with Crippen LogP contribution in [0.15, 0.2) is 12.1 Å². The number of halogens is 1. The van der Waals surface area contributed by atoms with E-state index in [0.29, 0.717) is 6.29 Å². The van der Waals surface area contributed by atoms with Gasteiger partial charge in [-0.1, -0.05) is 11.6 Å². The minimum Gasteiger partial charge on any atom is -0.507 e. The lowest BCUT2D eigenvalue weighted by Gasteiger charge is -2.17. The van der Waals surface area contributed by atoms with Crippen LogP contribution in [-0.4, -0.2) is 33.6 Å². The first kappa shape index (κ1) is 13.4. The van der Waals surface area contributed by atoms with E-state index >= 15 is 0 Å². The van der Waals surface area contributed by atoms with Gasteiger partial charge in [0.1, 0.15) is 11.9 Å². The van der Waals surface area contributed by atoms with E-state index in [1.54, 1.807) is 0 Å². The van der Waals surface area contributed by atoms with Crippen LogP contribution < -0.4 is 5.73 Å². The number of carbonyl (C=O) groups excluding carboxylic acids is 2. The van der Waals surface area contributed by atoms with E-state index in [2.05, 4.69) is 0 Å². The number of aliphatic hydroxyl groups excluding tert-OH is 2. The zero-order chi connectivity index (χ0) is 13.2. The molecule has 0 aliphatic carbocycles. The van der Waals surface area contributed by atoms with Crippen LogP contribution in [0.25, 0.3) is 0 Å². The molecule has 17 heavy (non-hydrogen) atoms. The molecule has 1 aromatic rings. The van der Waals surface area contributed by atoms with Crippen LogP contribution in [0.4, 0.5) is 0 Å². The smallest absolute Gasteiger partial charge is 0.249 e. The van der Waals surface area contributed by atoms with Crippen LogP contribution in [0.2, 0.25) is 5.02 Å². The lowest BCUT2D eigenvalue weighted by molar-refractivity contribution is -0.132. The van der Waals surface area contributed by atoms with Crippen molar-refractivity contribution in [2.75, 3.05) is 0 Å². The van der Waals surface area contributed by atoms with Crippen molar-refractivity contribution in [2.24, 2.45) is 5.73 Å². The highest BCUT2D eigenvalue weighted by Crippen LogP contribution is 2.32. The van der Waals surface area contributed by atoms with Gasteiger partial charge in [0.2, 0.25) is 5.91 Å². The fourth-order valence-corrected chi connectivity index (χ4v) is 1.52. The Morgan fingerprint density at radius 3 is 2.47 bits per heavy atom. The molecule has 0 radical (unpaired) electrons. The standard InChI is InChI=1S/C10H10ClNO5/c11-5-1-4(3-13)7(14)6(2-5)8(15)9(16)10(12)17/h1-3,8-9,14-16H,(H2,12,17). The summed E-state index contributed by atoms with van der Waals surface area (Å²) >= 11 is 5.65. The molecule has 1 rings (SSSR count). The van der Waals surface area contributed by atoms with Crippen molar-refractivity contribution in [3.8, 4) is 5.75 Å². The first-order valence-electron chi connectivity index (χ1n) is 4.51. The summed E-state index contributed by atoms with van der Waals surface area (Å²) in [6.45, 7) is 0. The van der Waals surface area contributed by atoms with Gasteiger partial charge in [-0.2, -0.15) is 0 Å². The molecule has 0 saturated carbocycles. The van der Waals surface area contributed by atoms with Crippen LogP contribution in [0.3, 0.4) is 0 Å². The second-order valence-electron chi connectivity index (χ2n) is 3.34. The second kappa shape index (κ2) is 5.13. The molecule has 0 saturated heterocycles. The Balaban J connectivity index is 3.26. The third kappa shape index (κ3) is 2.73. The number of primary amides is 1. The number of aromatic hydroxyl groups is 1. The van der Waals surface area contributed by atoms with Gasteiger partial charge in [0.25, 0.3) is 0 Å². The summed E-state index contributed by atoms with van der Waals surface area (Å²) in [6.07, 6.45) is -3.34. The summed E-state index contributed by atoms with van der Waals surface area (Å²) in [5.74, 6) is -1.72. The molecule has 2 atom stereocenters. The maximum atomic E-state index is 10.7. The van der Waals surface area contributed by atoms with Gasteiger partial charge in [-0.05, 0) is 12.1 Å². The topological polar surface area (TPSA) is 121 Å². The summed E-state index contributed by atoms with van der Waals surface area (Å²) in [4.78, 5) is 21.3. The molecule has 0 fully saturated rings. The van der Waals surface area contributed by atoms with Gasteiger partial charge < -0.3 is 21.1 Å². The number of phenols is 1. The predicted octanol–water partition coefficient (Wildman–Crippen LogP) is -0.262. The third-order valence-corrected chi connectivity index (χ3v) is 2.39. The number of aldehydes is 1. The predicted molar refractivity (Wildman–Crippen MR) is 58.7 cm³/mol. The Labute approximate surface area is 101 Å². The van der Waals surface area contributed by atoms with Crippen molar-refractivity contribution < 1.29 is 24.9 Å². The Hall–Kier alpha value is -1.63. The maximum Gasteiger partial charge on any atom is 0.249 e. The van der Waals surface area contributed by atoms with Crippen molar-refractivity contribution in [1.82, 2.24) is 0 Å². The minimum atomic E-state index is -1.90. The van der Waals surface area contributed by atoms with E-state index in [-0.39, 0.29) is 16.1 Å². The quantitative estimate of drug-likeness (QED) is 0.555. The van der Waals surface area contributed by atoms with Gasteiger partial charge in [0, 0.05) is 10.6 Å². The van der Waals surface area contributed by atoms with Crippen LogP contribution in [0.5, 0.6) is 5.75 Å². The van der Waals surface area contributed by atoms with Crippen molar-refractivity contribution in [2.45, 2.75) is 12.2 Å². The summed E-state index contributed by atoms with van der Waals surface area (Å²) in [5, 5.41) is 28.5. The van der Waals surface area contributed by atoms with Gasteiger partial charge in [-0.3, -0.25) is 9.59 Å². The molecule has 1 amide bonds. The third-order valence-electron chi connectivity index (χ3n) is 2.17. The first-order chi connectivity index (χ1) is 7.88. The van der Waals surface area contributed by atoms with Crippen LogP contribution in [-0.2, 0) is 4.79 Å². The van der Waals surface area contributed by atoms with Crippen molar-refractivity contribution >= 4 is 23.8 Å². The SMILES string of the molecule is NC(=O)C(O)C(O)c1cc(Cl)cc(C=O)c1O. The Morgan fingerprint density at radius 1 is 1.41 bits per heavy atom. The molecule has 7 heteroatoms. The number of phenolic OH excluding ortho intramolecular Hbond substituents is 1. The lowest BCUT2D eigenvalue weighted by atomic mass is 10.0. The average Bonchev–Trinajstić information content (AvgIpc) is 2.29. The zero-order valence-corrected chi connectivity index (χ0v) is 9.26. The van der Waals surface area contributed by atoms with Gasteiger partial charge >= 0.3 is 0 Å². The van der Waals surface area contributed by atoms with Crippen molar-refractivity contribution in [3.63, 3.8) is 0 Å². The Kier molecular flexibility index (Phi) is 4.06. The molecular formula is C10H10ClNO5. The minimum absolute atomic E-state index is 0.0654. The number of rotatable bonds is 4. The highest BCUT2D eigenvalue weighted by atomic mass is 35.5.